The number of Topliss-reactive ketones (excluding diaryl/α,β-unsaturated/α-hetero) is 1. The molecule has 5 rings (SSSR count). The molecule has 41 heavy (non-hydrogen) atoms. The van der Waals surface area contributed by atoms with Gasteiger partial charge in [0, 0.05) is 45.8 Å². The van der Waals surface area contributed by atoms with Gasteiger partial charge in [0.1, 0.15) is 0 Å². The first-order valence-corrected chi connectivity index (χ1v) is 14.2. The summed E-state index contributed by atoms with van der Waals surface area (Å²) in [5.41, 5.74) is 3.82. The molecule has 0 saturated carbocycles. The van der Waals surface area contributed by atoms with E-state index in [0.717, 1.165) is 0 Å². The lowest BCUT2D eigenvalue weighted by molar-refractivity contribution is -0.143. The number of hydrazine groups is 1. The fourth-order valence-corrected chi connectivity index (χ4v) is 6.29. The van der Waals surface area contributed by atoms with Gasteiger partial charge in [0.15, 0.2) is 0 Å². The maximum Gasteiger partial charge on any atom is 0.290 e. The minimum absolute atomic E-state index is 0.0484. The molecule has 3 aromatic carbocycles. The maximum absolute atomic E-state index is 14.0. The van der Waals surface area contributed by atoms with Crippen molar-refractivity contribution in [3.63, 3.8) is 0 Å². The van der Waals surface area contributed by atoms with Crippen LogP contribution in [0, 0.1) is 0 Å². The van der Waals surface area contributed by atoms with E-state index in [1.807, 2.05) is 17.0 Å². The molecular formula is C32H36ClN5O3. The molecule has 1 unspecified atom stereocenters. The number of nitrogens with two attached hydrogens (primary N) is 1. The summed E-state index contributed by atoms with van der Waals surface area (Å²) in [6.07, 6.45) is 0. The topological polar surface area (TPSA) is 90.2 Å². The van der Waals surface area contributed by atoms with E-state index in [2.05, 4.69) is 67.3 Å². The molecule has 2 aliphatic heterocycles. The number of likely N-dealkylation sites (N-methyl/N-ethyl adjacent to an activating group) is 1. The Morgan fingerprint density at radius 1 is 0.878 bits per heavy atom. The number of carbonyl (C=O) groups excluding carboxylic acids is 3. The van der Waals surface area contributed by atoms with E-state index in [0.29, 0.717) is 29.9 Å². The first-order chi connectivity index (χ1) is 19.6. The summed E-state index contributed by atoms with van der Waals surface area (Å²) >= 11 is 6.65. The summed E-state index contributed by atoms with van der Waals surface area (Å²) in [5, 5.41) is 1.68. The molecule has 1 saturated heterocycles. The molecule has 9 heteroatoms. The predicted octanol–water partition coefficient (Wildman–Crippen LogP) is 4.10. The monoisotopic (exact) mass is 573 g/mol. The molecule has 2 heterocycles. The van der Waals surface area contributed by atoms with Gasteiger partial charge in [0.25, 0.3) is 11.8 Å². The summed E-state index contributed by atoms with van der Waals surface area (Å²) in [5.74, 6) is 4.03. The number of nitrogens with zero attached hydrogens (tertiary/aromatic N) is 4. The van der Waals surface area contributed by atoms with Crippen molar-refractivity contribution >= 4 is 34.9 Å². The van der Waals surface area contributed by atoms with Crippen molar-refractivity contribution in [2.24, 2.45) is 5.84 Å². The van der Waals surface area contributed by atoms with Crippen LogP contribution in [0.5, 0.6) is 0 Å². The lowest BCUT2D eigenvalue weighted by atomic mass is 9.92. The maximum atomic E-state index is 14.0. The number of carbonyl (C=O) groups is 3. The van der Waals surface area contributed by atoms with Crippen LogP contribution < -0.4 is 10.9 Å². The second-order valence-electron chi connectivity index (χ2n) is 11.2. The molecule has 2 aliphatic rings. The Labute approximate surface area is 246 Å². The molecule has 8 nitrogen and oxygen atoms in total. The largest absolute Gasteiger partial charge is 0.342 e. The van der Waals surface area contributed by atoms with Crippen molar-refractivity contribution in [3.8, 4) is 0 Å². The number of hydrogen-bond donors (Lipinski definition) is 1. The van der Waals surface area contributed by atoms with Crippen LogP contribution in [-0.2, 0) is 9.59 Å². The molecule has 2 N–H and O–H groups in total. The zero-order valence-electron chi connectivity index (χ0n) is 23.8. The van der Waals surface area contributed by atoms with E-state index in [1.165, 1.54) is 35.1 Å². The Hall–Kier alpha value is -3.72. The fourth-order valence-electron chi connectivity index (χ4n) is 6.06. The molecule has 214 valence electrons. The molecule has 0 radical (unpaired) electrons. The van der Waals surface area contributed by atoms with Crippen LogP contribution >= 0.6 is 11.6 Å². The molecule has 0 bridgehead atoms. The quantitative estimate of drug-likeness (QED) is 0.353. The van der Waals surface area contributed by atoms with E-state index < -0.39 is 17.6 Å². The molecule has 1 fully saturated rings. The van der Waals surface area contributed by atoms with E-state index >= 15 is 0 Å². The molecule has 3 aromatic rings. The molecular weight excluding hydrogens is 538 g/mol. The summed E-state index contributed by atoms with van der Waals surface area (Å²) in [4.78, 5) is 45.0. The molecule has 0 aliphatic carbocycles. The fraction of sp³-hybridized carbons (Fsp3) is 0.344. The van der Waals surface area contributed by atoms with Crippen LogP contribution in [0.2, 0.25) is 5.02 Å². The highest BCUT2D eigenvalue weighted by atomic mass is 35.5. The lowest BCUT2D eigenvalue weighted by Gasteiger charge is -2.47. The van der Waals surface area contributed by atoms with E-state index in [9.17, 15) is 14.4 Å². The normalized spacial score (nSPS) is 20.7. The molecule has 2 amide bonds. The van der Waals surface area contributed by atoms with E-state index in [-0.39, 0.29) is 35.6 Å². The standard InChI is InChI=1S/C32H36ClN5O3/c1-20-18-37(21(2)17-36(20)29(22-11-7-5-8-12-22)23-13-9-6-10-14-23)31(40)25-15-24-26(30(39)32(41)35(3)4)19-38(34)28(24)16-27(25)33/h5-16,20-21,26,29H,17-19,34H2,1-4H3/t20-,21+,26?/m0/s1. The van der Waals surface area contributed by atoms with Crippen LogP contribution in [0.1, 0.15) is 52.9 Å². The van der Waals surface area contributed by atoms with Gasteiger partial charge in [-0.25, -0.2) is 5.84 Å². The number of halogens is 1. The third-order valence-electron chi connectivity index (χ3n) is 8.20. The Balaban J connectivity index is 1.43. The Morgan fingerprint density at radius 3 is 2.02 bits per heavy atom. The summed E-state index contributed by atoms with van der Waals surface area (Å²) in [6, 6.07) is 24.2. The number of ketones is 1. The van der Waals surface area contributed by atoms with Gasteiger partial charge >= 0.3 is 0 Å². The number of rotatable bonds is 6. The van der Waals surface area contributed by atoms with Crippen molar-refractivity contribution in [3.05, 3.63) is 100 Å². The smallest absolute Gasteiger partial charge is 0.290 e. The first-order valence-electron chi connectivity index (χ1n) is 13.9. The van der Waals surface area contributed by atoms with Crippen molar-refractivity contribution in [2.45, 2.75) is 37.9 Å². The number of piperazine rings is 1. The van der Waals surface area contributed by atoms with Gasteiger partial charge in [0.05, 0.1) is 28.2 Å². The first kappa shape index (κ1) is 28.8. The van der Waals surface area contributed by atoms with Gasteiger partial charge in [-0.2, -0.15) is 0 Å². The lowest BCUT2D eigenvalue weighted by Crippen LogP contribution is -2.58. The molecule has 3 atom stereocenters. The second kappa shape index (κ2) is 11.6. The average molecular weight is 574 g/mol. The predicted molar refractivity (Wildman–Crippen MR) is 161 cm³/mol. The molecule has 0 aromatic heterocycles. The Bertz CT molecular complexity index is 1410. The second-order valence-corrected chi connectivity index (χ2v) is 11.6. The van der Waals surface area contributed by atoms with Crippen LogP contribution in [0.4, 0.5) is 5.69 Å². The van der Waals surface area contributed by atoms with Gasteiger partial charge in [-0.3, -0.25) is 19.3 Å². The highest BCUT2D eigenvalue weighted by Gasteiger charge is 2.40. The van der Waals surface area contributed by atoms with Crippen LogP contribution in [0.3, 0.4) is 0 Å². The van der Waals surface area contributed by atoms with Crippen LogP contribution in [0.15, 0.2) is 72.8 Å². The third kappa shape index (κ3) is 5.47. The van der Waals surface area contributed by atoms with Gasteiger partial charge < -0.3 is 14.8 Å². The zero-order chi connectivity index (χ0) is 29.4. The minimum Gasteiger partial charge on any atom is -0.342 e. The highest BCUT2D eigenvalue weighted by Crippen LogP contribution is 2.40. The average Bonchev–Trinajstić information content (AvgIpc) is 3.29. The van der Waals surface area contributed by atoms with Crippen molar-refractivity contribution in [2.75, 3.05) is 38.7 Å². The van der Waals surface area contributed by atoms with Gasteiger partial charge in [0.2, 0.25) is 5.78 Å². The van der Waals surface area contributed by atoms with Gasteiger partial charge in [-0.1, -0.05) is 72.3 Å². The van der Waals surface area contributed by atoms with Gasteiger partial charge in [-0.05, 0) is 42.7 Å². The summed E-state index contributed by atoms with van der Waals surface area (Å²) < 4.78 is 0. The van der Waals surface area contributed by atoms with E-state index in [4.69, 9.17) is 17.4 Å². The summed E-state index contributed by atoms with van der Waals surface area (Å²) in [7, 11) is 3.07. The molecule has 0 spiro atoms. The number of benzene rings is 3. The highest BCUT2D eigenvalue weighted by molar-refractivity contribution is 6.39. The minimum atomic E-state index is -0.764. The van der Waals surface area contributed by atoms with Crippen molar-refractivity contribution < 1.29 is 14.4 Å². The number of fused-ring (bicyclic) bond motifs is 1. The van der Waals surface area contributed by atoms with E-state index in [1.54, 1.807) is 12.1 Å². The zero-order valence-corrected chi connectivity index (χ0v) is 24.6. The number of anilines is 1. The van der Waals surface area contributed by atoms with Crippen molar-refractivity contribution in [1.29, 1.82) is 0 Å². The van der Waals surface area contributed by atoms with Crippen LogP contribution in [-0.4, -0.2) is 78.1 Å². The van der Waals surface area contributed by atoms with Gasteiger partial charge in [-0.15, -0.1) is 0 Å². The number of hydrogen-bond acceptors (Lipinski definition) is 6. The third-order valence-corrected chi connectivity index (χ3v) is 8.51. The van der Waals surface area contributed by atoms with Crippen LogP contribution in [0.25, 0.3) is 0 Å². The summed E-state index contributed by atoms with van der Waals surface area (Å²) in [6.45, 7) is 5.51. The Morgan fingerprint density at radius 2 is 1.46 bits per heavy atom. The Kier molecular flexibility index (Phi) is 8.18. The number of amides is 2. The SMILES string of the molecule is C[C@@H]1CN(C(c2ccccc2)c2ccccc2)[C@@H](C)CN1C(=O)c1cc2c(cc1Cl)N(N)CC2C(=O)C(=O)N(C)C. The van der Waals surface area contributed by atoms with Crippen molar-refractivity contribution in [1.82, 2.24) is 14.7 Å².